The maximum Gasteiger partial charge on any atom is 0.297 e. The Morgan fingerprint density at radius 3 is 2.83 bits per heavy atom. The predicted octanol–water partition coefficient (Wildman–Crippen LogP) is 0.624. The van der Waals surface area contributed by atoms with Gasteiger partial charge in [0.2, 0.25) is 0 Å². The number of thiocarbonyl (C=S) groups is 1. The van der Waals surface area contributed by atoms with E-state index in [-0.39, 0.29) is 16.4 Å². The minimum absolute atomic E-state index is 0.0532. The van der Waals surface area contributed by atoms with Gasteiger partial charge in [-0.15, -0.1) is 0 Å². The minimum Gasteiger partial charge on any atom is -0.388 e. The second-order valence-electron chi connectivity index (χ2n) is 1.99. The van der Waals surface area contributed by atoms with Crippen molar-refractivity contribution in [2.75, 3.05) is 0 Å². The summed E-state index contributed by atoms with van der Waals surface area (Å²) in [5.41, 5.74) is 5.11. The van der Waals surface area contributed by atoms with Crippen LogP contribution in [0.5, 0.6) is 0 Å². The van der Waals surface area contributed by atoms with Gasteiger partial charge in [0.1, 0.15) is 4.99 Å². The van der Waals surface area contributed by atoms with Crippen LogP contribution >= 0.6 is 12.2 Å². The van der Waals surface area contributed by atoms with Crippen molar-refractivity contribution in [3.8, 4) is 0 Å². The summed E-state index contributed by atoms with van der Waals surface area (Å²) in [5, 5.41) is 10.4. The Labute approximate surface area is 73.4 Å². The van der Waals surface area contributed by atoms with E-state index in [9.17, 15) is 10.1 Å². The van der Waals surface area contributed by atoms with Crippen molar-refractivity contribution < 1.29 is 4.92 Å². The van der Waals surface area contributed by atoms with Crippen LogP contribution in [-0.4, -0.2) is 14.9 Å². The number of hydrogen-bond acceptors (Lipinski definition) is 4. The maximum atomic E-state index is 10.4. The van der Waals surface area contributed by atoms with E-state index in [0.717, 1.165) is 0 Å². The lowest BCUT2D eigenvalue weighted by molar-refractivity contribution is -0.385. The number of nitro groups is 1. The van der Waals surface area contributed by atoms with Gasteiger partial charge in [0.25, 0.3) is 5.69 Å². The van der Waals surface area contributed by atoms with E-state index in [1.807, 2.05) is 0 Å². The Balaban J connectivity index is 3.27. The minimum atomic E-state index is -0.568. The molecule has 0 bridgehead atoms. The summed E-state index contributed by atoms with van der Waals surface area (Å²) in [7, 11) is 0. The number of aromatic nitrogens is 1. The van der Waals surface area contributed by atoms with Gasteiger partial charge < -0.3 is 5.73 Å². The van der Waals surface area contributed by atoms with E-state index < -0.39 is 4.92 Å². The van der Waals surface area contributed by atoms with Gasteiger partial charge in [-0.2, -0.15) is 0 Å². The normalized spacial score (nSPS) is 9.33. The molecule has 6 heteroatoms. The molecule has 0 spiro atoms. The Morgan fingerprint density at radius 2 is 2.42 bits per heavy atom. The Bertz CT molecular complexity index is 306. The molecule has 0 aliphatic carbocycles. The van der Waals surface area contributed by atoms with Crippen molar-refractivity contribution in [1.29, 1.82) is 0 Å². The first-order valence-electron chi connectivity index (χ1n) is 3.02. The average molecular weight is 183 g/mol. The zero-order valence-electron chi connectivity index (χ0n) is 5.93. The number of nitrogens with zero attached hydrogens (tertiary/aromatic N) is 2. The van der Waals surface area contributed by atoms with Gasteiger partial charge in [0.05, 0.1) is 4.92 Å². The highest BCUT2D eigenvalue weighted by atomic mass is 32.1. The molecule has 1 aromatic rings. The molecule has 0 saturated heterocycles. The highest BCUT2D eigenvalue weighted by Crippen LogP contribution is 2.13. The first-order chi connectivity index (χ1) is 5.63. The molecule has 0 fully saturated rings. The van der Waals surface area contributed by atoms with Crippen LogP contribution in [0.25, 0.3) is 0 Å². The van der Waals surface area contributed by atoms with Gasteiger partial charge >= 0.3 is 0 Å². The Morgan fingerprint density at radius 1 is 1.75 bits per heavy atom. The third-order valence-electron chi connectivity index (χ3n) is 1.22. The quantitative estimate of drug-likeness (QED) is 0.413. The fraction of sp³-hybridized carbons (Fsp3) is 0. The zero-order valence-corrected chi connectivity index (χ0v) is 6.75. The van der Waals surface area contributed by atoms with E-state index >= 15 is 0 Å². The predicted molar refractivity (Wildman–Crippen MR) is 46.8 cm³/mol. The first kappa shape index (κ1) is 8.54. The molecule has 0 amide bonds. The fourth-order valence-corrected chi connectivity index (χ4v) is 0.891. The van der Waals surface area contributed by atoms with E-state index in [0.29, 0.717) is 0 Å². The molecule has 62 valence electrons. The maximum absolute atomic E-state index is 10.4. The summed E-state index contributed by atoms with van der Waals surface area (Å²) >= 11 is 4.58. The van der Waals surface area contributed by atoms with Crippen LogP contribution in [-0.2, 0) is 0 Å². The van der Waals surface area contributed by atoms with Gasteiger partial charge in [-0.25, -0.2) is 4.98 Å². The largest absolute Gasteiger partial charge is 0.388 e. The number of pyridine rings is 1. The summed E-state index contributed by atoms with van der Waals surface area (Å²) in [6.45, 7) is 0. The molecular weight excluding hydrogens is 178 g/mol. The molecule has 0 atom stereocenters. The first-order valence-corrected chi connectivity index (χ1v) is 3.43. The summed E-state index contributed by atoms with van der Waals surface area (Å²) in [6.07, 6.45) is 1.40. The van der Waals surface area contributed by atoms with Crippen LogP contribution < -0.4 is 5.73 Å². The fourth-order valence-electron chi connectivity index (χ4n) is 0.734. The molecule has 1 heterocycles. The number of nitrogens with two attached hydrogens (primary N) is 1. The molecule has 0 unspecified atom stereocenters. The van der Waals surface area contributed by atoms with Crippen molar-refractivity contribution in [1.82, 2.24) is 4.98 Å². The Hall–Kier alpha value is -1.56. The lowest BCUT2D eigenvalue weighted by atomic mass is 10.3. The molecule has 1 aromatic heterocycles. The zero-order chi connectivity index (χ0) is 9.14. The number of rotatable bonds is 2. The molecule has 0 aliphatic rings. The van der Waals surface area contributed by atoms with E-state index in [1.54, 1.807) is 0 Å². The van der Waals surface area contributed by atoms with Crippen molar-refractivity contribution in [3.63, 3.8) is 0 Å². The summed E-state index contributed by atoms with van der Waals surface area (Å²) in [5.74, 6) is 0. The molecule has 5 nitrogen and oxygen atoms in total. The van der Waals surface area contributed by atoms with Crippen LogP contribution in [0.15, 0.2) is 18.3 Å². The van der Waals surface area contributed by atoms with Gasteiger partial charge in [-0.1, -0.05) is 12.2 Å². The third-order valence-corrected chi connectivity index (χ3v) is 1.41. The lowest BCUT2D eigenvalue weighted by Crippen LogP contribution is -2.13. The molecule has 1 rings (SSSR count). The SMILES string of the molecule is NC(=S)c1ncccc1[N+](=O)[O-]. The van der Waals surface area contributed by atoms with Crippen molar-refractivity contribution in [3.05, 3.63) is 34.1 Å². The lowest BCUT2D eigenvalue weighted by Gasteiger charge is -1.96. The van der Waals surface area contributed by atoms with Crippen molar-refractivity contribution >= 4 is 22.9 Å². The summed E-state index contributed by atoms with van der Waals surface area (Å²) in [4.78, 5) is 13.4. The monoisotopic (exact) mass is 183 g/mol. The van der Waals surface area contributed by atoms with Crippen LogP contribution in [0.2, 0.25) is 0 Å². The Kier molecular flexibility index (Phi) is 2.29. The molecular formula is C6H5N3O2S. The topological polar surface area (TPSA) is 82.0 Å². The second kappa shape index (κ2) is 3.22. The molecule has 0 radical (unpaired) electrons. The highest BCUT2D eigenvalue weighted by molar-refractivity contribution is 7.80. The van der Waals surface area contributed by atoms with E-state index in [2.05, 4.69) is 17.2 Å². The van der Waals surface area contributed by atoms with Crippen LogP contribution in [0, 0.1) is 10.1 Å². The van der Waals surface area contributed by atoms with Crippen LogP contribution in [0.3, 0.4) is 0 Å². The van der Waals surface area contributed by atoms with Crippen molar-refractivity contribution in [2.45, 2.75) is 0 Å². The second-order valence-corrected chi connectivity index (χ2v) is 2.43. The van der Waals surface area contributed by atoms with Gasteiger partial charge in [-0.05, 0) is 6.07 Å². The van der Waals surface area contributed by atoms with Gasteiger partial charge in [0.15, 0.2) is 5.69 Å². The van der Waals surface area contributed by atoms with Crippen molar-refractivity contribution in [2.24, 2.45) is 5.73 Å². The summed E-state index contributed by atoms with van der Waals surface area (Å²) < 4.78 is 0. The smallest absolute Gasteiger partial charge is 0.297 e. The average Bonchev–Trinajstić information content (AvgIpc) is 2.04. The number of hydrogen-bond donors (Lipinski definition) is 1. The highest BCUT2D eigenvalue weighted by Gasteiger charge is 2.15. The molecule has 0 aromatic carbocycles. The summed E-state index contributed by atoms with van der Waals surface area (Å²) in [6, 6.07) is 2.77. The van der Waals surface area contributed by atoms with Gasteiger partial charge in [0, 0.05) is 12.3 Å². The molecule has 2 N–H and O–H groups in total. The molecule has 0 saturated carbocycles. The third kappa shape index (κ3) is 1.54. The molecule has 0 aliphatic heterocycles. The van der Waals surface area contributed by atoms with Gasteiger partial charge in [-0.3, -0.25) is 10.1 Å². The van der Waals surface area contributed by atoms with Crippen LogP contribution in [0.1, 0.15) is 5.69 Å². The standard InChI is InChI=1S/C6H5N3O2S/c7-6(12)5-4(9(10)11)2-1-3-8-5/h1-3H,(H2,7,12). The molecule has 12 heavy (non-hydrogen) atoms. The van der Waals surface area contributed by atoms with E-state index in [4.69, 9.17) is 5.73 Å². The van der Waals surface area contributed by atoms with Crippen LogP contribution in [0.4, 0.5) is 5.69 Å². The van der Waals surface area contributed by atoms with E-state index in [1.165, 1.54) is 18.3 Å².